The maximum Gasteiger partial charge on any atom is 0.314 e. The summed E-state index contributed by atoms with van der Waals surface area (Å²) in [6.07, 6.45) is 0. The van der Waals surface area contributed by atoms with Gasteiger partial charge in [-0.15, -0.1) is 11.3 Å². The second-order valence-corrected chi connectivity index (χ2v) is 6.61. The number of anilines is 1. The summed E-state index contributed by atoms with van der Waals surface area (Å²) in [5.41, 5.74) is 3.97. The molecule has 3 rings (SSSR count). The van der Waals surface area contributed by atoms with Crippen molar-refractivity contribution in [3.8, 4) is 0 Å². The molecule has 1 aromatic heterocycles. The van der Waals surface area contributed by atoms with Crippen LogP contribution < -0.4 is 5.01 Å². The van der Waals surface area contributed by atoms with Crippen molar-refractivity contribution in [2.45, 2.75) is 26.8 Å². The van der Waals surface area contributed by atoms with E-state index in [0.717, 1.165) is 10.6 Å². The first-order chi connectivity index (χ1) is 10.5. The third-order valence-electron chi connectivity index (χ3n) is 4.15. The van der Waals surface area contributed by atoms with Crippen LogP contribution in [0.5, 0.6) is 0 Å². The van der Waals surface area contributed by atoms with Gasteiger partial charge in [0.15, 0.2) is 0 Å². The summed E-state index contributed by atoms with van der Waals surface area (Å²) in [6.45, 7) is 5.91. The number of hydrogen-bond donors (Lipinski definition) is 1. The summed E-state index contributed by atoms with van der Waals surface area (Å²) in [6, 6.07) is 9.77. The van der Waals surface area contributed by atoms with E-state index < -0.39 is 11.9 Å². The van der Waals surface area contributed by atoms with E-state index in [2.05, 4.69) is 31.1 Å². The third-order valence-corrected chi connectivity index (χ3v) is 5.09. The van der Waals surface area contributed by atoms with E-state index in [1.165, 1.54) is 11.1 Å². The number of benzene rings is 1. The molecule has 0 saturated carbocycles. The second kappa shape index (κ2) is 5.57. The first-order valence-corrected chi connectivity index (χ1v) is 8.05. The predicted molar refractivity (Wildman–Crippen MR) is 89.7 cm³/mol. The number of hydrazone groups is 1. The number of thiophene rings is 1. The lowest BCUT2D eigenvalue weighted by Gasteiger charge is -2.26. The van der Waals surface area contributed by atoms with Crippen LogP contribution >= 0.6 is 11.3 Å². The quantitative estimate of drug-likeness (QED) is 0.931. The normalized spacial score (nSPS) is 21.0. The fourth-order valence-corrected chi connectivity index (χ4v) is 3.66. The number of rotatable bonds is 3. The van der Waals surface area contributed by atoms with E-state index in [1.807, 2.05) is 28.6 Å². The Balaban J connectivity index is 2.08. The van der Waals surface area contributed by atoms with Crippen LogP contribution in [0.2, 0.25) is 0 Å². The molecule has 0 saturated heterocycles. The summed E-state index contributed by atoms with van der Waals surface area (Å²) in [4.78, 5) is 12.7. The van der Waals surface area contributed by atoms with Gasteiger partial charge < -0.3 is 5.11 Å². The van der Waals surface area contributed by atoms with E-state index in [0.29, 0.717) is 5.71 Å². The van der Waals surface area contributed by atoms with Gasteiger partial charge in [-0.3, -0.25) is 9.80 Å². The van der Waals surface area contributed by atoms with Gasteiger partial charge in [-0.1, -0.05) is 12.1 Å². The van der Waals surface area contributed by atoms with Crippen LogP contribution in [-0.4, -0.2) is 16.8 Å². The lowest BCUT2D eigenvalue weighted by atomic mass is 9.95. The van der Waals surface area contributed by atoms with Crippen LogP contribution in [0, 0.1) is 19.8 Å². The molecule has 0 amide bonds. The van der Waals surface area contributed by atoms with Crippen molar-refractivity contribution < 1.29 is 9.90 Å². The van der Waals surface area contributed by atoms with Gasteiger partial charge in [0, 0.05) is 4.88 Å². The molecule has 2 atom stereocenters. The van der Waals surface area contributed by atoms with Gasteiger partial charge in [-0.05, 0) is 55.5 Å². The Hall–Kier alpha value is -2.14. The summed E-state index contributed by atoms with van der Waals surface area (Å²) >= 11 is 1.57. The Morgan fingerprint density at radius 3 is 2.59 bits per heavy atom. The zero-order chi connectivity index (χ0) is 15.9. The molecular weight excluding hydrogens is 296 g/mol. The highest BCUT2D eigenvalue weighted by Crippen LogP contribution is 2.41. The topological polar surface area (TPSA) is 52.9 Å². The lowest BCUT2D eigenvalue weighted by Crippen LogP contribution is -2.30. The molecule has 4 nitrogen and oxygen atoms in total. The van der Waals surface area contributed by atoms with Crippen molar-refractivity contribution in [2.75, 3.05) is 5.01 Å². The van der Waals surface area contributed by atoms with Gasteiger partial charge in [0.25, 0.3) is 0 Å². The first kappa shape index (κ1) is 14.8. The van der Waals surface area contributed by atoms with Gasteiger partial charge in [-0.2, -0.15) is 5.10 Å². The summed E-state index contributed by atoms with van der Waals surface area (Å²) in [5.74, 6) is -1.44. The van der Waals surface area contributed by atoms with Gasteiger partial charge in [0.05, 0.1) is 11.4 Å². The smallest absolute Gasteiger partial charge is 0.314 e. The maximum atomic E-state index is 11.7. The van der Waals surface area contributed by atoms with E-state index in [-0.39, 0.29) is 6.04 Å². The molecule has 22 heavy (non-hydrogen) atoms. The molecule has 0 spiro atoms. The highest BCUT2D eigenvalue weighted by atomic mass is 32.1. The first-order valence-electron chi connectivity index (χ1n) is 7.17. The molecule has 5 heteroatoms. The van der Waals surface area contributed by atoms with Crippen molar-refractivity contribution >= 4 is 28.7 Å². The second-order valence-electron chi connectivity index (χ2n) is 5.63. The molecule has 0 radical (unpaired) electrons. The summed E-state index contributed by atoms with van der Waals surface area (Å²) < 4.78 is 0. The largest absolute Gasteiger partial charge is 0.481 e. The van der Waals surface area contributed by atoms with Gasteiger partial charge in [-0.25, -0.2) is 0 Å². The monoisotopic (exact) mass is 314 g/mol. The Morgan fingerprint density at radius 2 is 2.00 bits per heavy atom. The molecular formula is C17H18N2O2S. The third kappa shape index (κ3) is 2.41. The minimum absolute atomic E-state index is 0.278. The number of carboxylic acids is 1. The molecule has 1 aliphatic heterocycles. The van der Waals surface area contributed by atoms with Crippen molar-refractivity contribution in [3.63, 3.8) is 0 Å². The van der Waals surface area contributed by atoms with Crippen LogP contribution in [0.4, 0.5) is 5.69 Å². The highest BCUT2D eigenvalue weighted by Gasteiger charge is 2.42. The van der Waals surface area contributed by atoms with Crippen molar-refractivity contribution in [3.05, 3.63) is 51.7 Å². The van der Waals surface area contributed by atoms with Gasteiger partial charge in [0.1, 0.15) is 12.0 Å². The van der Waals surface area contributed by atoms with E-state index in [9.17, 15) is 9.90 Å². The molecule has 1 aromatic carbocycles. The van der Waals surface area contributed by atoms with Crippen LogP contribution in [0.1, 0.15) is 29.0 Å². The molecule has 2 aromatic rings. The maximum absolute atomic E-state index is 11.7. The lowest BCUT2D eigenvalue weighted by molar-refractivity contribution is -0.139. The fourth-order valence-electron chi connectivity index (χ4n) is 2.81. The van der Waals surface area contributed by atoms with Crippen LogP contribution in [0.15, 0.2) is 40.8 Å². The summed E-state index contributed by atoms with van der Waals surface area (Å²) in [7, 11) is 0. The highest BCUT2D eigenvalue weighted by molar-refractivity contribution is 7.10. The zero-order valence-corrected chi connectivity index (χ0v) is 13.6. The molecule has 2 heterocycles. The molecule has 114 valence electrons. The minimum atomic E-state index is -0.828. The number of hydrogen-bond acceptors (Lipinski definition) is 4. The predicted octanol–water partition coefficient (Wildman–Crippen LogP) is 4.00. The van der Waals surface area contributed by atoms with Crippen LogP contribution in [-0.2, 0) is 4.79 Å². The fraction of sp³-hybridized carbons (Fsp3) is 0.294. The molecule has 1 aliphatic rings. The summed E-state index contributed by atoms with van der Waals surface area (Å²) in [5, 5.41) is 18.0. The van der Waals surface area contributed by atoms with E-state index in [4.69, 9.17) is 0 Å². The Morgan fingerprint density at radius 1 is 1.23 bits per heavy atom. The Bertz CT molecular complexity index is 737. The number of aryl methyl sites for hydroxylation is 2. The number of aliphatic carboxylic acids is 1. The minimum Gasteiger partial charge on any atom is -0.481 e. The standard InChI is InChI=1S/C17H18N2O2S/c1-10-6-7-13(9-11(10)2)19-16(14-5-4-8-22-14)15(17(20)21)12(3)18-19/h4-9,15-16H,1-3H3,(H,20,21). The molecule has 1 N–H and O–H groups in total. The van der Waals surface area contributed by atoms with E-state index in [1.54, 1.807) is 18.3 Å². The Labute approximate surface area is 133 Å². The van der Waals surface area contributed by atoms with Crippen LogP contribution in [0.3, 0.4) is 0 Å². The number of carboxylic acid groups (broad SMARTS) is 1. The van der Waals surface area contributed by atoms with Crippen LogP contribution in [0.25, 0.3) is 0 Å². The zero-order valence-electron chi connectivity index (χ0n) is 12.8. The molecule has 0 bridgehead atoms. The van der Waals surface area contributed by atoms with Crippen molar-refractivity contribution in [1.29, 1.82) is 0 Å². The number of nitrogens with zero attached hydrogens (tertiary/aromatic N) is 2. The molecule has 0 fully saturated rings. The SMILES string of the molecule is CC1=NN(c2ccc(C)c(C)c2)C(c2cccs2)C1C(=O)O. The number of carbonyl (C=O) groups is 1. The molecule has 0 aliphatic carbocycles. The average molecular weight is 314 g/mol. The van der Waals surface area contributed by atoms with E-state index >= 15 is 0 Å². The van der Waals surface area contributed by atoms with Gasteiger partial charge in [0.2, 0.25) is 0 Å². The van der Waals surface area contributed by atoms with Crippen molar-refractivity contribution in [2.24, 2.45) is 11.0 Å². The average Bonchev–Trinajstić information content (AvgIpc) is 3.08. The molecule has 2 unspecified atom stereocenters. The Kier molecular flexibility index (Phi) is 3.74. The van der Waals surface area contributed by atoms with Gasteiger partial charge >= 0.3 is 5.97 Å². The van der Waals surface area contributed by atoms with Crippen molar-refractivity contribution in [1.82, 2.24) is 0 Å².